The third kappa shape index (κ3) is 4.78. The number of ether oxygens (including phenoxy) is 1. The van der Waals surface area contributed by atoms with E-state index in [9.17, 15) is 4.79 Å². The van der Waals surface area contributed by atoms with Crippen LogP contribution in [-0.4, -0.2) is 57.4 Å². The van der Waals surface area contributed by atoms with Crippen LogP contribution in [0.5, 0.6) is 0 Å². The van der Waals surface area contributed by atoms with Crippen molar-refractivity contribution in [2.75, 3.05) is 25.5 Å². The Kier molecular flexibility index (Phi) is 6.17. The van der Waals surface area contributed by atoms with Gasteiger partial charge in [-0.2, -0.15) is 4.80 Å². The van der Waals surface area contributed by atoms with E-state index < -0.39 is 0 Å². The minimum Gasteiger partial charge on any atom is -0.378 e. The predicted molar refractivity (Wildman–Crippen MR) is 98.8 cm³/mol. The van der Waals surface area contributed by atoms with Gasteiger partial charge in [-0.05, 0) is 50.0 Å². The van der Waals surface area contributed by atoms with Crippen LogP contribution in [0.25, 0.3) is 11.4 Å². The first-order chi connectivity index (χ1) is 12.7. The number of carbonyl (C=O) groups excluding carboxylic acids is 1. The highest BCUT2D eigenvalue weighted by molar-refractivity contribution is 5.89. The van der Waals surface area contributed by atoms with E-state index in [-0.39, 0.29) is 6.03 Å². The highest BCUT2D eigenvalue weighted by atomic mass is 16.5. The van der Waals surface area contributed by atoms with Crippen molar-refractivity contribution >= 4 is 11.7 Å². The molecule has 1 saturated heterocycles. The summed E-state index contributed by atoms with van der Waals surface area (Å²) in [5.41, 5.74) is 1.54. The number of nitrogens with zero attached hydrogens (tertiary/aromatic N) is 5. The molecule has 26 heavy (non-hydrogen) atoms. The van der Waals surface area contributed by atoms with Gasteiger partial charge in [0.05, 0.1) is 12.6 Å². The molecule has 1 aromatic heterocycles. The lowest BCUT2D eigenvalue weighted by atomic mass is 10.1. The summed E-state index contributed by atoms with van der Waals surface area (Å²) in [6.45, 7) is 4.20. The standard InChI is InChI=1S/C18H26N6O2/c1-3-24-21-17(20-22-24)14-7-4-8-15(13-14)19-18(25)23(2)11-5-9-16-10-6-12-26-16/h4,7-8,13,16H,3,5-6,9-12H2,1-2H3,(H,19,25). The van der Waals surface area contributed by atoms with Crippen LogP contribution < -0.4 is 5.32 Å². The fourth-order valence-corrected chi connectivity index (χ4v) is 2.98. The minimum atomic E-state index is -0.125. The topological polar surface area (TPSA) is 85.2 Å². The summed E-state index contributed by atoms with van der Waals surface area (Å²) in [5, 5.41) is 15.2. The molecule has 2 heterocycles. The highest BCUT2D eigenvalue weighted by Crippen LogP contribution is 2.19. The summed E-state index contributed by atoms with van der Waals surface area (Å²) in [4.78, 5) is 15.6. The summed E-state index contributed by atoms with van der Waals surface area (Å²) < 4.78 is 5.62. The molecule has 0 spiro atoms. The number of nitrogens with one attached hydrogen (secondary N) is 1. The van der Waals surface area contributed by atoms with Gasteiger partial charge >= 0.3 is 6.03 Å². The van der Waals surface area contributed by atoms with Crippen molar-refractivity contribution in [3.63, 3.8) is 0 Å². The van der Waals surface area contributed by atoms with Gasteiger partial charge in [0.25, 0.3) is 0 Å². The summed E-state index contributed by atoms with van der Waals surface area (Å²) in [5.74, 6) is 0.549. The Morgan fingerprint density at radius 2 is 2.35 bits per heavy atom. The van der Waals surface area contributed by atoms with E-state index in [2.05, 4.69) is 20.7 Å². The molecule has 1 unspecified atom stereocenters. The third-order valence-electron chi connectivity index (χ3n) is 4.50. The van der Waals surface area contributed by atoms with Gasteiger partial charge in [-0.15, -0.1) is 10.2 Å². The maximum atomic E-state index is 12.4. The Morgan fingerprint density at radius 1 is 1.46 bits per heavy atom. The van der Waals surface area contributed by atoms with Crippen molar-refractivity contribution in [2.45, 2.75) is 45.3 Å². The number of hydrogen-bond donors (Lipinski definition) is 1. The summed E-state index contributed by atoms with van der Waals surface area (Å²) in [6.07, 6.45) is 4.61. The molecule has 140 valence electrons. The monoisotopic (exact) mass is 358 g/mol. The van der Waals surface area contributed by atoms with Crippen LogP contribution in [0, 0.1) is 0 Å². The number of aryl methyl sites for hydroxylation is 1. The van der Waals surface area contributed by atoms with E-state index >= 15 is 0 Å². The zero-order valence-corrected chi connectivity index (χ0v) is 15.4. The Hall–Kier alpha value is -2.48. The second-order valence-corrected chi connectivity index (χ2v) is 6.51. The molecule has 0 aliphatic carbocycles. The van der Waals surface area contributed by atoms with Gasteiger partial charge in [0.15, 0.2) is 0 Å². The van der Waals surface area contributed by atoms with Crippen LogP contribution in [0.2, 0.25) is 0 Å². The molecule has 1 fully saturated rings. The molecular formula is C18H26N6O2. The van der Waals surface area contributed by atoms with Crippen molar-refractivity contribution in [2.24, 2.45) is 0 Å². The smallest absolute Gasteiger partial charge is 0.321 e. The maximum absolute atomic E-state index is 12.4. The molecule has 1 N–H and O–H groups in total. The number of carbonyl (C=O) groups is 1. The molecule has 1 atom stereocenters. The molecule has 1 aliphatic rings. The minimum absolute atomic E-state index is 0.125. The van der Waals surface area contributed by atoms with Crippen LogP contribution in [0.4, 0.5) is 10.5 Å². The number of urea groups is 1. The lowest BCUT2D eigenvalue weighted by Gasteiger charge is -2.19. The molecule has 0 radical (unpaired) electrons. The summed E-state index contributed by atoms with van der Waals surface area (Å²) in [7, 11) is 1.81. The quantitative estimate of drug-likeness (QED) is 0.822. The van der Waals surface area contributed by atoms with Crippen LogP contribution >= 0.6 is 0 Å². The summed E-state index contributed by atoms with van der Waals surface area (Å²) in [6, 6.07) is 7.35. The van der Waals surface area contributed by atoms with Gasteiger partial charge in [0.1, 0.15) is 0 Å². The van der Waals surface area contributed by atoms with E-state index in [0.717, 1.165) is 37.9 Å². The molecule has 8 nitrogen and oxygen atoms in total. The van der Waals surface area contributed by atoms with Gasteiger partial charge in [-0.3, -0.25) is 0 Å². The normalized spacial score (nSPS) is 16.6. The Morgan fingerprint density at radius 3 is 3.08 bits per heavy atom. The summed E-state index contributed by atoms with van der Waals surface area (Å²) >= 11 is 0. The second-order valence-electron chi connectivity index (χ2n) is 6.51. The molecule has 0 saturated carbocycles. The van der Waals surface area contributed by atoms with Crippen molar-refractivity contribution < 1.29 is 9.53 Å². The van der Waals surface area contributed by atoms with Gasteiger partial charge in [0, 0.05) is 31.5 Å². The first-order valence-electron chi connectivity index (χ1n) is 9.17. The zero-order chi connectivity index (χ0) is 18.4. The number of tetrazole rings is 1. The van der Waals surface area contributed by atoms with E-state index in [1.54, 1.807) is 4.90 Å². The Balaban J connectivity index is 1.52. The molecule has 8 heteroatoms. The van der Waals surface area contributed by atoms with Gasteiger partial charge in [-0.1, -0.05) is 12.1 Å². The number of amides is 2. The van der Waals surface area contributed by atoms with Crippen molar-refractivity contribution in [3.8, 4) is 11.4 Å². The van der Waals surface area contributed by atoms with E-state index in [0.29, 0.717) is 30.7 Å². The lowest BCUT2D eigenvalue weighted by Crippen LogP contribution is -2.32. The van der Waals surface area contributed by atoms with Crippen LogP contribution in [0.1, 0.15) is 32.6 Å². The fraction of sp³-hybridized carbons (Fsp3) is 0.556. The largest absolute Gasteiger partial charge is 0.378 e. The molecular weight excluding hydrogens is 332 g/mol. The van der Waals surface area contributed by atoms with Gasteiger partial charge < -0.3 is 15.0 Å². The number of benzene rings is 1. The van der Waals surface area contributed by atoms with Gasteiger partial charge in [0.2, 0.25) is 5.82 Å². The molecule has 3 rings (SSSR count). The van der Waals surface area contributed by atoms with Crippen LogP contribution in [-0.2, 0) is 11.3 Å². The van der Waals surface area contributed by atoms with Crippen molar-refractivity contribution in [1.29, 1.82) is 0 Å². The average molecular weight is 358 g/mol. The number of anilines is 1. The highest BCUT2D eigenvalue weighted by Gasteiger charge is 2.16. The molecule has 2 aromatic rings. The average Bonchev–Trinajstić information content (AvgIpc) is 3.33. The number of rotatable bonds is 7. The molecule has 1 aromatic carbocycles. The maximum Gasteiger partial charge on any atom is 0.321 e. The first kappa shape index (κ1) is 18.3. The zero-order valence-electron chi connectivity index (χ0n) is 15.4. The lowest BCUT2D eigenvalue weighted by molar-refractivity contribution is 0.101. The SMILES string of the molecule is CCn1nnc(-c2cccc(NC(=O)N(C)CCCC3CCCO3)c2)n1. The molecule has 1 aliphatic heterocycles. The van der Waals surface area contributed by atoms with Crippen LogP contribution in [0.15, 0.2) is 24.3 Å². The molecule has 2 amide bonds. The van der Waals surface area contributed by atoms with E-state index in [4.69, 9.17) is 4.74 Å². The second kappa shape index (κ2) is 8.75. The van der Waals surface area contributed by atoms with E-state index in [1.807, 2.05) is 38.2 Å². The first-order valence-corrected chi connectivity index (χ1v) is 9.17. The predicted octanol–water partition coefficient (Wildman–Crippen LogP) is 2.78. The number of aromatic nitrogens is 4. The van der Waals surface area contributed by atoms with Gasteiger partial charge in [-0.25, -0.2) is 4.79 Å². The van der Waals surface area contributed by atoms with Crippen LogP contribution in [0.3, 0.4) is 0 Å². The van der Waals surface area contributed by atoms with Crippen molar-refractivity contribution in [1.82, 2.24) is 25.1 Å². The Bertz CT molecular complexity index is 726. The van der Waals surface area contributed by atoms with E-state index in [1.165, 1.54) is 4.80 Å². The van der Waals surface area contributed by atoms with Crippen molar-refractivity contribution in [3.05, 3.63) is 24.3 Å². The fourth-order valence-electron chi connectivity index (χ4n) is 2.98. The third-order valence-corrected chi connectivity index (χ3v) is 4.50. The molecule has 0 bridgehead atoms. The Labute approximate surface area is 153 Å². The number of hydrogen-bond acceptors (Lipinski definition) is 5.